The summed E-state index contributed by atoms with van der Waals surface area (Å²) in [7, 11) is 0. The van der Waals surface area contributed by atoms with Crippen molar-refractivity contribution in [3.05, 3.63) is 33.9 Å². The van der Waals surface area contributed by atoms with Crippen LogP contribution in [0.3, 0.4) is 0 Å². The zero-order valence-electron chi connectivity index (χ0n) is 13.0. The molecule has 21 heavy (non-hydrogen) atoms. The number of nitrogens with zero attached hydrogens (tertiary/aromatic N) is 2. The summed E-state index contributed by atoms with van der Waals surface area (Å²) < 4.78 is 0. The normalized spacial score (nSPS) is 11.1. The van der Waals surface area contributed by atoms with Gasteiger partial charge in [0.1, 0.15) is 5.69 Å². The second kappa shape index (κ2) is 8.59. The van der Waals surface area contributed by atoms with Gasteiger partial charge in [-0.2, -0.15) is 0 Å². The van der Waals surface area contributed by atoms with Gasteiger partial charge in [-0.3, -0.25) is 15.0 Å². The maximum absolute atomic E-state index is 11.2. The summed E-state index contributed by atoms with van der Waals surface area (Å²) in [4.78, 5) is 12.9. The third kappa shape index (κ3) is 5.32. The van der Waals surface area contributed by atoms with Crippen LogP contribution in [0.15, 0.2) is 18.2 Å². The first kappa shape index (κ1) is 17.4. The van der Waals surface area contributed by atoms with Crippen molar-refractivity contribution in [3.8, 4) is 0 Å². The van der Waals surface area contributed by atoms with Gasteiger partial charge in [-0.1, -0.05) is 13.0 Å². The average molecular weight is 295 g/mol. The first-order valence-corrected chi connectivity index (χ1v) is 7.35. The Hall–Kier alpha value is -1.66. The molecule has 1 rings (SSSR count). The van der Waals surface area contributed by atoms with Crippen LogP contribution in [0.1, 0.15) is 32.8 Å². The van der Waals surface area contributed by atoms with Gasteiger partial charge in [0, 0.05) is 31.7 Å². The number of rotatable bonds is 9. The molecule has 0 heterocycles. The molecule has 118 valence electrons. The molecule has 6 nitrogen and oxygen atoms in total. The second-order valence-corrected chi connectivity index (χ2v) is 5.32. The van der Waals surface area contributed by atoms with E-state index < -0.39 is 0 Å². The van der Waals surface area contributed by atoms with Crippen LogP contribution in [0.25, 0.3) is 0 Å². The number of hydrogen-bond acceptors (Lipinski definition) is 5. The predicted octanol–water partition coefficient (Wildman–Crippen LogP) is 2.62. The first-order valence-electron chi connectivity index (χ1n) is 7.35. The molecule has 0 radical (unpaired) electrons. The van der Waals surface area contributed by atoms with Crippen LogP contribution in [0.5, 0.6) is 0 Å². The highest BCUT2D eigenvalue weighted by Crippen LogP contribution is 2.26. The highest BCUT2D eigenvalue weighted by Gasteiger charge is 2.16. The van der Waals surface area contributed by atoms with E-state index in [-0.39, 0.29) is 23.3 Å². The van der Waals surface area contributed by atoms with Gasteiger partial charge >= 0.3 is 0 Å². The molecule has 0 spiro atoms. The fraction of sp³-hybridized carbons (Fsp3) is 0.600. The van der Waals surface area contributed by atoms with Crippen LogP contribution in [0, 0.1) is 10.1 Å². The molecule has 0 bridgehead atoms. The Bertz CT molecular complexity index is 463. The number of nitro benzene ring substituents is 1. The Morgan fingerprint density at radius 1 is 1.43 bits per heavy atom. The van der Waals surface area contributed by atoms with Gasteiger partial charge < -0.3 is 10.4 Å². The molecule has 0 aliphatic rings. The van der Waals surface area contributed by atoms with E-state index in [1.54, 1.807) is 12.1 Å². The number of nitro groups is 1. The van der Waals surface area contributed by atoms with Crippen molar-refractivity contribution in [2.24, 2.45) is 0 Å². The molecule has 0 unspecified atom stereocenters. The minimum absolute atomic E-state index is 0.0798. The zero-order chi connectivity index (χ0) is 15.8. The van der Waals surface area contributed by atoms with Crippen molar-refractivity contribution in [1.82, 2.24) is 4.90 Å². The molecule has 0 fully saturated rings. The van der Waals surface area contributed by atoms with Crippen molar-refractivity contribution in [1.29, 1.82) is 0 Å². The molecule has 0 aromatic heterocycles. The van der Waals surface area contributed by atoms with Crippen LogP contribution in [0.2, 0.25) is 0 Å². The van der Waals surface area contributed by atoms with E-state index in [1.807, 2.05) is 26.8 Å². The Kier molecular flexibility index (Phi) is 7.11. The molecule has 2 N–H and O–H groups in total. The maximum atomic E-state index is 11.2. The minimum Gasteiger partial charge on any atom is -0.395 e. The summed E-state index contributed by atoms with van der Waals surface area (Å²) in [6.45, 7) is 8.04. The highest BCUT2D eigenvalue weighted by molar-refractivity contribution is 5.62. The fourth-order valence-corrected chi connectivity index (χ4v) is 2.12. The Labute approximate surface area is 125 Å². The fourth-order valence-electron chi connectivity index (χ4n) is 2.12. The summed E-state index contributed by atoms with van der Waals surface area (Å²) >= 11 is 0. The van der Waals surface area contributed by atoms with Crippen LogP contribution in [0.4, 0.5) is 11.4 Å². The highest BCUT2D eigenvalue weighted by atomic mass is 16.6. The maximum Gasteiger partial charge on any atom is 0.292 e. The lowest BCUT2D eigenvalue weighted by atomic mass is 10.1. The smallest absolute Gasteiger partial charge is 0.292 e. The van der Waals surface area contributed by atoms with Gasteiger partial charge in [-0.15, -0.1) is 0 Å². The standard InChI is InChI=1S/C15H25N3O3/c1-4-7-16-14-6-5-13(10-15(14)18(20)21)11-17(8-9-19)12(2)3/h5-6,10,12,16,19H,4,7-9,11H2,1-3H3. The Morgan fingerprint density at radius 3 is 2.67 bits per heavy atom. The number of benzene rings is 1. The van der Waals surface area contributed by atoms with Crippen molar-refractivity contribution < 1.29 is 10.0 Å². The SMILES string of the molecule is CCCNc1ccc(CN(CCO)C(C)C)cc1[N+](=O)[O-]. The van der Waals surface area contributed by atoms with E-state index in [0.717, 1.165) is 12.0 Å². The van der Waals surface area contributed by atoms with E-state index >= 15 is 0 Å². The van der Waals surface area contributed by atoms with Gasteiger partial charge in [-0.25, -0.2) is 0 Å². The predicted molar refractivity (Wildman–Crippen MR) is 84.5 cm³/mol. The van der Waals surface area contributed by atoms with Crippen LogP contribution in [-0.2, 0) is 6.54 Å². The van der Waals surface area contributed by atoms with E-state index in [0.29, 0.717) is 25.3 Å². The molecule has 1 aromatic carbocycles. The average Bonchev–Trinajstić information content (AvgIpc) is 2.45. The molecule has 1 aromatic rings. The molecule has 0 aliphatic carbocycles. The first-order chi connectivity index (χ1) is 9.99. The summed E-state index contributed by atoms with van der Waals surface area (Å²) in [5, 5.41) is 23.4. The van der Waals surface area contributed by atoms with Crippen molar-refractivity contribution in [2.75, 3.05) is 25.0 Å². The number of aliphatic hydroxyl groups excluding tert-OH is 1. The second-order valence-electron chi connectivity index (χ2n) is 5.32. The molecule has 0 saturated carbocycles. The van der Waals surface area contributed by atoms with Gasteiger partial charge in [0.2, 0.25) is 0 Å². The van der Waals surface area contributed by atoms with Crippen molar-refractivity contribution in [3.63, 3.8) is 0 Å². The molecular formula is C15H25N3O3. The molecule has 0 aliphatic heterocycles. The van der Waals surface area contributed by atoms with Gasteiger partial charge in [0.05, 0.1) is 11.5 Å². The van der Waals surface area contributed by atoms with Crippen LogP contribution >= 0.6 is 0 Å². The van der Waals surface area contributed by atoms with E-state index in [4.69, 9.17) is 5.11 Å². The minimum atomic E-state index is -0.354. The molecule has 0 atom stereocenters. The van der Waals surface area contributed by atoms with Crippen LogP contribution in [-0.4, -0.2) is 40.7 Å². The van der Waals surface area contributed by atoms with Gasteiger partial charge in [-0.05, 0) is 31.9 Å². The topological polar surface area (TPSA) is 78.6 Å². The monoisotopic (exact) mass is 295 g/mol. The zero-order valence-corrected chi connectivity index (χ0v) is 13.0. The molecule has 0 amide bonds. The summed E-state index contributed by atoms with van der Waals surface area (Å²) in [5.74, 6) is 0. The van der Waals surface area contributed by atoms with E-state index in [2.05, 4.69) is 10.2 Å². The summed E-state index contributed by atoms with van der Waals surface area (Å²) in [6.07, 6.45) is 0.913. The van der Waals surface area contributed by atoms with E-state index in [9.17, 15) is 10.1 Å². The number of anilines is 1. The van der Waals surface area contributed by atoms with Gasteiger partial charge in [0.25, 0.3) is 5.69 Å². The third-order valence-corrected chi connectivity index (χ3v) is 3.33. The quantitative estimate of drug-likeness (QED) is 0.541. The number of hydrogen-bond donors (Lipinski definition) is 2. The van der Waals surface area contributed by atoms with Gasteiger partial charge in [0.15, 0.2) is 0 Å². The van der Waals surface area contributed by atoms with Crippen LogP contribution < -0.4 is 5.32 Å². The lowest BCUT2D eigenvalue weighted by Gasteiger charge is -2.25. The van der Waals surface area contributed by atoms with Crippen molar-refractivity contribution >= 4 is 11.4 Å². The molecule has 0 saturated heterocycles. The lowest BCUT2D eigenvalue weighted by molar-refractivity contribution is -0.384. The number of nitrogens with one attached hydrogen (secondary N) is 1. The van der Waals surface area contributed by atoms with Crippen molar-refractivity contribution in [2.45, 2.75) is 39.8 Å². The Balaban J connectivity index is 2.93. The lowest BCUT2D eigenvalue weighted by Crippen LogP contribution is -2.32. The summed E-state index contributed by atoms with van der Waals surface area (Å²) in [5.41, 5.74) is 1.54. The number of aliphatic hydroxyl groups is 1. The molecule has 6 heteroatoms. The largest absolute Gasteiger partial charge is 0.395 e. The Morgan fingerprint density at radius 2 is 2.14 bits per heavy atom. The third-order valence-electron chi connectivity index (χ3n) is 3.33. The summed E-state index contributed by atoms with van der Waals surface area (Å²) in [6, 6.07) is 5.55. The molecular weight excluding hydrogens is 270 g/mol. The van der Waals surface area contributed by atoms with E-state index in [1.165, 1.54) is 0 Å².